The first-order valence-electron chi connectivity index (χ1n) is 4.68. The Morgan fingerprint density at radius 3 is 3.00 bits per heavy atom. The molecule has 2 heterocycles. The molecule has 1 saturated heterocycles. The zero-order valence-corrected chi connectivity index (χ0v) is 10.1. The number of hydrogen-bond acceptors (Lipinski definition) is 4. The number of halogens is 1. The molecule has 1 aliphatic rings. The Bertz CT molecular complexity index is 355. The fourth-order valence-electron chi connectivity index (χ4n) is 1.48. The summed E-state index contributed by atoms with van der Waals surface area (Å²) >= 11 is 0. The topological polar surface area (TPSA) is 54.9 Å². The van der Waals surface area contributed by atoms with E-state index in [-0.39, 0.29) is 17.7 Å². The Labute approximate surface area is 97.8 Å². The van der Waals surface area contributed by atoms with Gasteiger partial charge in [0.15, 0.2) is 0 Å². The molecule has 1 aromatic heterocycles. The van der Waals surface area contributed by atoms with Crippen molar-refractivity contribution in [2.45, 2.75) is 23.8 Å². The second-order valence-corrected chi connectivity index (χ2v) is 5.02. The molecule has 0 aromatic carbocycles. The smallest absolute Gasteiger partial charge is 0.218 e. The number of aromatic nitrogens is 2. The highest BCUT2D eigenvalue weighted by Gasteiger charge is 2.23. The fraction of sp³-hybridized carbons (Fsp3) is 0.556. The third-order valence-electron chi connectivity index (χ3n) is 2.27. The van der Waals surface area contributed by atoms with Gasteiger partial charge in [0, 0.05) is 18.4 Å². The van der Waals surface area contributed by atoms with Gasteiger partial charge in [0.1, 0.15) is 0 Å². The van der Waals surface area contributed by atoms with E-state index in [2.05, 4.69) is 15.3 Å². The van der Waals surface area contributed by atoms with E-state index >= 15 is 0 Å². The highest BCUT2D eigenvalue weighted by atomic mass is 35.5. The van der Waals surface area contributed by atoms with Crippen molar-refractivity contribution >= 4 is 23.2 Å². The van der Waals surface area contributed by atoms with Gasteiger partial charge in [0.05, 0.1) is 16.0 Å². The molecule has 0 spiro atoms. The molecule has 4 nitrogen and oxygen atoms in total. The van der Waals surface area contributed by atoms with Crippen LogP contribution >= 0.6 is 12.4 Å². The van der Waals surface area contributed by atoms with E-state index in [1.165, 1.54) is 0 Å². The quantitative estimate of drug-likeness (QED) is 0.781. The number of nitrogens with one attached hydrogen (secondary N) is 1. The van der Waals surface area contributed by atoms with Crippen LogP contribution in [0.1, 0.15) is 12.1 Å². The minimum Gasteiger partial charge on any atom is -0.315 e. The summed E-state index contributed by atoms with van der Waals surface area (Å²) in [6, 6.07) is 1.81. The molecule has 2 atom stereocenters. The Balaban J connectivity index is 0.00000112. The van der Waals surface area contributed by atoms with Crippen LogP contribution in [-0.4, -0.2) is 32.5 Å². The summed E-state index contributed by atoms with van der Waals surface area (Å²) in [7, 11) is -1.05. The van der Waals surface area contributed by atoms with Gasteiger partial charge in [-0.15, -0.1) is 12.4 Å². The molecule has 0 radical (unpaired) electrons. The SMILES string of the molecule is Cc1ccnc([S@](=O)[C@H]2CCNC2)n1.Cl. The number of rotatable bonds is 2. The van der Waals surface area contributed by atoms with E-state index < -0.39 is 10.8 Å². The first-order valence-corrected chi connectivity index (χ1v) is 5.89. The van der Waals surface area contributed by atoms with E-state index in [0.29, 0.717) is 5.16 Å². The highest BCUT2D eigenvalue weighted by molar-refractivity contribution is 7.85. The maximum absolute atomic E-state index is 11.9. The average molecular weight is 248 g/mol. The Morgan fingerprint density at radius 1 is 1.60 bits per heavy atom. The molecule has 2 rings (SSSR count). The van der Waals surface area contributed by atoms with Gasteiger partial charge in [-0.05, 0) is 26.0 Å². The normalized spacial score (nSPS) is 22.1. The van der Waals surface area contributed by atoms with Gasteiger partial charge < -0.3 is 5.32 Å². The molecule has 0 saturated carbocycles. The van der Waals surface area contributed by atoms with E-state index in [1.807, 2.05) is 13.0 Å². The lowest BCUT2D eigenvalue weighted by molar-refractivity contribution is 0.663. The molecule has 1 N–H and O–H groups in total. The molecule has 1 aromatic rings. The van der Waals surface area contributed by atoms with Crippen molar-refractivity contribution in [1.82, 2.24) is 15.3 Å². The van der Waals surface area contributed by atoms with E-state index in [0.717, 1.165) is 25.2 Å². The molecule has 0 bridgehead atoms. The maximum Gasteiger partial charge on any atom is 0.218 e. The molecule has 1 aliphatic heterocycles. The summed E-state index contributed by atoms with van der Waals surface area (Å²) < 4.78 is 11.9. The van der Waals surface area contributed by atoms with Crippen molar-refractivity contribution in [2.24, 2.45) is 0 Å². The first-order chi connectivity index (χ1) is 6.77. The summed E-state index contributed by atoms with van der Waals surface area (Å²) in [6.07, 6.45) is 2.61. The number of aryl methyl sites for hydroxylation is 1. The van der Waals surface area contributed by atoms with Crippen molar-refractivity contribution < 1.29 is 4.21 Å². The summed E-state index contributed by atoms with van der Waals surface area (Å²) in [5.41, 5.74) is 0.870. The second-order valence-electron chi connectivity index (χ2n) is 3.39. The maximum atomic E-state index is 11.9. The molecular formula is C9H14ClN3OS. The molecule has 0 aliphatic carbocycles. The van der Waals surface area contributed by atoms with E-state index in [1.54, 1.807) is 6.20 Å². The average Bonchev–Trinajstić information content (AvgIpc) is 2.69. The van der Waals surface area contributed by atoms with E-state index in [9.17, 15) is 4.21 Å². The summed E-state index contributed by atoms with van der Waals surface area (Å²) in [5, 5.41) is 3.84. The van der Waals surface area contributed by atoms with Crippen LogP contribution in [0.5, 0.6) is 0 Å². The number of nitrogens with zero attached hydrogens (tertiary/aromatic N) is 2. The van der Waals surface area contributed by atoms with Crippen molar-refractivity contribution in [3.63, 3.8) is 0 Å². The van der Waals surface area contributed by atoms with Gasteiger partial charge in [-0.2, -0.15) is 0 Å². The van der Waals surface area contributed by atoms with Gasteiger partial charge >= 0.3 is 0 Å². The Kier molecular flexibility index (Phi) is 4.63. The lowest BCUT2D eigenvalue weighted by Gasteiger charge is -2.06. The van der Waals surface area contributed by atoms with Crippen LogP contribution < -0.4 is 5.32 Å². The molecule has 84 valence electrons. The monoisotopic (exact) mass is 247 g/mol. The number of hydrogen-bond donors (Lipinski definition) is 1. The van der Waals surface area contributed by atoms with Crippen LogP contribution in [0.25, 0.3) is 0 Å². The largest absolute Gasteiger partial charge is 0.315 e. The minimum atomic E-state index is -1.05. The predicted molar refractivity (Wildman–Crippen MR) is 61.7 cm³/mol. The summed E-state index contributed by atoms with van der Waals surface area (Å²) in [6.45, 7) is 3.64. The van der Waals surface area contributed by atoms with Gasteiger partial charge in [-0.3, -0.25) is 4.21 Å². The molecule has 6 heteroatoms. The molecule has 1 fully saturated rings. The van der Waals surface area contributed by atoms with Crippen molar-refractivity contribution in [2.75, 3.05) is 13.1 Å². The third kappa shape index (κ3) is 2.96. The zero-order valence-electron chi connectivity index (χ0n) is 8.47. The van der Waals surface area contributed by atoms with Crippen LogP contribution in [0.4, 0.5) is 0 Å². The van der Waals surface area contributed by atoms with Gasteiger partial charge in [-0.25, -0.2) is 9.97 Å². The highest BCUT2D eigenvalue weighted by Crippen LogP contribution is 2.12. The fourth-order valence-corrected chi connectivity index (χ4v) is 2.78. The van der Waals surface area contributed by atoms with Crippen molar-refractivity contribution in [3.05, 3.63) is 18.0 Å². The summed E-state index contributed by atoms with van der Waals surface area (Å²) in [4.78, 5) is 8.22. The van der Waals surface area contributed by atoms with Crippen LogP contribution in [0.2, 0.25) is 0 Å². The van der Waals surface area contributed by atoms with Crippen molar-refractivity contribution in [1.29, 1.82) is 0 Å². The predicted octanol–water partition coefficient (Wildman–Crippen LogP) is 0.676. The minimum absolute atomic E-state index is 0. The van der Waals surface area contributed by atoms with Gasteiger partial charge in [0.25, 0.3) is 0 Å². The summed E-state index contributed by atoms with van der Waals surface area (Å²) in [5.74, 6) is 0. The van der Waals surface area contributed by atoms with Crippen molar-refractivity contribution in [3.8, 4) is 0 Å². The van der Waals surface area contributed by atoms with Crippen LogP contribution in [0.3, 0.4) is 0 Å². The van der Waals surface area contributed by atoms with Crippen LogP contribution in [0.15, 0.2) is 17.4 Å². The molecule has 0 amide bonds. The Hall–Kier alpha value is -0.520. The van der Waals surface area contributed by atoms with Crippen LogP contribution in [0, 0.1) is 6.92 Å². The van der Waals surface area contributed by atoms with E-state index in [4.69, 9.17) is 0 Å². The molecule has 0 unspecified atom stereocenters. The zero-order chi connectivity index (χ0) is 9.97. The van der Waals surface area contributed by atoms with Crippen LogP contribution in [-0.2, 0) is 10.8 Å². The lowest BCUT2D eigenvalue weighted by atomic mass is 10.4. The molecular weight excluding hydrogens is 234 g/mol. The Morgan fingerprint density at radius 2 is 2.40 bits per heavy atom. The standard InChI is InChI=1S/C9H13N3OS.ClH/c1-7-2-5-11-9(12-7)14(13)8-3-4-10-6-8;/h2,5,8,10H,3-4,6H2,1H3;1H/t8-,14+;/m0./s1. The van der Waals surface area contributed by atoms with Gasteiger partial charge in [-0.1, -0.05) is 0 Å². The second kappa shape index (κ2) is 5.53. The molecule has 15 heavy (non-hydrogen) atoms. The third-order valence-corrected chi connectivity index (χ3v) is 3.83. The first kappa shape index (κ1) is 12.5. The van der Waals surface area contributed by atoms with Gasteiger partial charge in [0.2, 0.25) is 5.16 Å². The lowest BCUT2D eigenvalue weighted by Crippen LogP contribution is -2.20.